The van der Waals surface area contributed by atoms with Crippen molar-refractivity contribution in [2.24, 2.45) is 0 Å². The van der Waals surface area contributed by atoms with Crippen LogP contribution < -0.4 is 10.2 Å². The second-order valence-corrected chi connectivity index (χ2v) is 8.31. The molecule has 3 rings (SSSR count). The van der Waals surface area contributed by atoms with Crippen LogP contribution in [0.25, 0.3) is 0 Å². The number of carbonyl (C=O) groups excluding carboxylic acids is 2. The molecule has 0 radical (unpaired) electrons. The number of anilines is 2. The van der Waals surface area contributed by atoms with Crippen LogP contribution in [0.2, 0.25) is 5.02 Å². The van der Waals surface area contributed by atoms with Crippen molar-refractivity contribution in [1.82, 2.24) is 0 Å². The molecule has 1 N–H and O–H groups in total. The molecule has 0 spiro atoms. The highest BCUT2D eigenvalue weighted by Gasteiger charge is 2.24. The molecule has 0 saturated carbocycles. The van der Waals surface area contributed by atoms with Gasteiger partial charge in [-0.3, -0.25) is 13.8 Å². The lowest BCUT2D eigenvalue weighted by Gasteiger charge is -2.16. The molecule has 1 aliphatic rings. The maximum Gasteiger partial charge on any atom is 0.255 e. The third kappa shape index (κ3) is 4.39. The van der Waals surface area contributed by atoms with Gasteiger partial charge in [-0.15, -0.1) is 0 Å². The van der Waals surface area contributed by atoms with E-state index >= 15 is 0 Å². The number of hydrogen-bond donors (Lipinski definition) is 1. The number of hydrogen-bond acceptors (Lipinski definition) is 3. The average Bonchev–Trinajstić information content (AvgIpc) is 3.06. The molecule has 1 atom stereocenters. The van der Waals surface area contributed by atoms with Crippen LogP contribution in [-0.4, -0.2) is 28.8 Å². The van der Waals surface area contributed by atoms with Crippen molar-refractivity contribution >= 4 is 45.6 Å². The summed E-state index contributed by atoms with van der Waals surface area (Å²) >= 11 is 6.13. The fourth-order valence-electron chi connectivity index (χ4n) is 3.18. The molecular weight excluding hydrogens is 384 g/mol. The van der Waals surface area contributed by atoms with Gasteiger partial charge in [-0.05, 0) is 53.9 Å². The Hall–Kier alpha value is -2.18. The summed E-state index contributed by atoms with van der Waals surface area (Å²) < 4.78 is 11.5. The molecule has 0 saturated heterocycles. The smallest absolute Gasteiger partial charge is 0.255 e. The van der Waals surface area contributed by atoms with Crippen LogP contribution in [0.4, 0.5) is 11.4 Å². The minimum Gasteiger partial charge on any atom is -0.322 e. The van der Waals surface area contributed by atoms with Crippen molar-refractivity contribution in [3.8, 4) is 0 Å². The van der Waals surface area contributed by atoms with E-state index < -0.39 is 10.8 Å². The Labute approximate surface area is 166 Å². The molecule has 5 nitrogen and oxygen atoms in total. The summed E-state index contributed by atoms with van der Waals surface area (Å²) in [6, 6.07) is 10.6. The van der Waals surface area contributed by atoms with Crippen LogP contribution in [0.15, 0.2) is 36.4 Å². The van der Waals surface area contributed by atoms with Crippen molar-refractivity contribution in [3.63, 3.8) is 0 Å². The maximum absolute atomic E-state index is 12.6. The predicted molar refractivity (Wildman–Crippen MR) is 110 cm³/mol. The van der Waals surface area contributed by atoms with E-state index in [9.17, 15) is 13.8 Å². The lowest BCUT2D eigenvalue weighted by atomic mass is 10.1. The molecule has 0 aromatic heterocycles. The molecule has 2 aromatic rings. The van der Waals surface area contributed by atoms with Crippen molar-refractivity contribution in [3.05, 3.63) is 58.1 Å². The van der Waals surface area contributed by atoms with E-state index in [1.807, 2.05) is 19.1 Å². The average molecular weight is 405 g/mol. The quantitative estimate of drug-likeness (QED) is 0.824. The van der Waals surface area contributed by atoms with E-state index in [1.165, 1.54) is 0 Å². The number of nitrogens with zero attached hydrogens (tertiary/aromatic N) is 1. The summed E-state index contributed by atoms with van der Waals surface area (Å²) in [7, 11) is -1.02. The van der Waals surface area contributed by atoms with Crippen LogP contribution in [0.3, 0.4) is 0 Å². The minimum absolute atomic E-state index is 0.0907. The van der Waals surface area contributed by atoms with Gasteiger partial charge in [0.15, 0.2) is 0 Å². The molecular formula is C20H21ClN2O3S. The number of rotatable bonds is 5. The number of amides is 2. The van der Waals surface area contributed by atoms with Crippen LogP contribution in [-0.2, 0) is 27.8 Å². The molecule has 7 heteroatoms. The van der Waals surface area contributed by atoms with Gasteiger partial charge >= 0.3 is 0 Å². The summed E-state index contributed by atoms with van der Waals surface area (Å²) in [5.74, 6) is 0.194. The summed E-state index contributed by atoms with van der Waals surface area (Å²) in [4.78, 5) is 26.4. The van der Waals surface area contributed by atoms with Crippen molar-refractivity contribution in [2.75, 3.05) is 23.0 Å². The first-order valence-corrected chi connectivity index (χ1v) is 10.8. The van der Waals surface area contributed by atoms with Crippen molar-refractivity contribution in [1.29, 1.82) is 0 Å². The number of nitrogens with one attached hydrogen (secondary N) is 1. The number of fused-ring (bicyclic) bond motifs is 1. The Bertz CT molecular complexity index is 929. The molecule has 0 aliphatic carbocycles. The second kappa shape index (κ2) is 8.23. The van der Waals surface area contributed by atoms with Gasteiger partial charge in [-0.2, -0.15) is 0 Å². The largest absolute Gasteiger partial charge is 0.322 e. The standard InChI is InChI=1S/C20H21ClN2O3S/c1-3-19(24)23-9-8-13-10-14(4-7-18(13)23)20(25)22-16-5-6-17(21)15(11-16)12-27(2)26/h4-7,10-11H,3,8-9,12H2,1-2H3,(H,22,25). The normalized spacial score (nSPS) is 14.0. The van der Waals surface area contributed by atoms with Crippen molar-refractivity contribution < 1.29 is 13.8 Å². The summed E-state index contributed by atoms with van der Waals surface area (Å²) in [6.07, 6.45) is 2.82. The zero-order valence-corrected chi connectivity index (χ0v) is 16.8. The summed E-state index contributed by atoms with van der Waals surface area (Å²) in [5, 5.41) is 3.39. The van der Waals surface area contributed by atoms with Crippen LogP contribution in [0, 0.1) is 0 Å². The second-order valence-electron chi connectivity index (χ2n) is 6.47. The van der Waals surface area contributed by atoms with Gasteiger partial charge in [0.25, 0.3) is 5.91 Å². The molecule has 2 aromatic carbocycles. The van der Waals surface area contributed by atoms with E-state index in [1.54, 1.807) is 35.4 Å². The Kier molecular flexibility index (Phi) is 5.97. The fourth-order valence-corrected chi connectivity index (χ4v) is 4.12. The minimum atomic E-state index is -1.02. The van der Waals surface area contributed by atoms with Gasteiger partial charge in [0.2, 0.25) is 5.91 Å². The molecule has 1 aliphatic heterocycles. The molecule has 2 amide bonds. The van der Waals surface area contributed by atoms with E-state index in [-0.39, 0.29) is 11.8 Å². The molecule has 142 valence electrons. The summed E-state index contributed by atoms with van der Waals surface area (Å²) in [5.41, 5.74) is 3.77. The zero-order chi connectivity index (χ0) is 19.6. The van der Waals surface area contributed by atoms with Gasteiger partial charge < -0.3 is 10.2 Å². The van der Waals surface area contributed by atoms with Gasteiger partial charge in [-0.25, -0.2) is 0 Å². The number of carbonyl (C=O) groups is 2. The molecule has 1 heterocycles. The zero-order valence-electron chi connectivity index (χ0n) is 15.3. The SMILES string of the molecule is CCC(=O)N1CCc2cc(C(=O)Nc3ccc(Cl)c(CS(C)=O)c3)ccc21. The first-order chi connectivity index (χ1) is 12.9. The Morgan fingerprint density at radius 3 is 2.70 bits per heavy atom. The fraction of sp³-hybridized carbons (Fsp3) is 0.300. The van der Waals surface area contributed by atoms with Gasteiger partial charge in [0.05, 0.1) is 0 Å². The Morgan fingerprint density at radius 1 is 1.22 bits per heavy atom. The first-order valence-electron chi connectivity index (χ1n) is 8.72. The van der Waals surface area contributed by atoms with Gasteiger partial charge in [0, 0.05) is 57.7 Å². The molecule has 27 heavy (non-hydrogen) atoms. The predicted octanol–water partition coefficient (Wildman–Crippen LogP) is 3.77. The van der Waals surface area contributed by atoms with E-state index in [0.717, 1.165) is 23.2 Å². The third-order valence-corrected chi connectivity index (χ3v) is 5.59. The van der Waals surface area contributed by atoms with Crippen LogP contribution >= 0.6 is 11.6 Å². The third-order valence-electron chi connectivity index (χ3n) is 4.50. The summed E-state index contributed by atoms with van der Waals surface area (Å²) in [6.45, 7) is 2.50. The van der Waals surface area contributed by atoms with Gasteiger partial charge in [0.1, 0.15) is 0 Å². The molecule has 1 unspecified atom stereocenters. The monoisotopic (exact) mass is 404 g/mol. The van der Waals surface area contributed by atoms with E-state index in [2.05, 4.69) is 5.32 Å². The Balaban J connectivity index is 1.78. The number of benzene rings is 2. The first kappa shape index (κ1) is 19.6. The van der Waals surface area contributed by atoms with Crippen LogP contribution in [0.1, 0.15) is 34.8 Å². The number of halogens is 1. The Morgan fingerprint density at radius 2 is 2.00 bits per heavy atom. The molecule has 0 fully saturated rings. The van der Waals surface area contributed by atoms with Crippen LogP contribution in [0.5, 0.6) is 0 Å². The lowest BCUT2D eigenvalue weighted by Crippen LogP contribution is -2.27. The van der Waals surface area contributed by atoms with E-state index in [0.29, 0.717) is 35.0 Å². The topological polar surface area (TPSA) is 66.5 Å². The maximum atomic E-state index is 12.6. The van der Waals surface area contributed by atoms with E-state index in [4.69, 9.17) is 11.6 Å². The highest BCUT2D eigenvalue weighted by Crippen LogP contribution is 2.30. The highest BCUT2D eigenvalue weighted by atomic mass is 35.5. The highest BCUT2D eigenvalue weighted by molar-refractivity contribution is 7.83. The molecule has 0 bridgehead atoms. The lowest BCUT2D eigenvalue weighted by molar-refractivity contribution is -0.118. The van der Waals surface area contributed by atoms with Crippen molar-refractivity contribution in [2.45, 2.75) is 25.5 Å². The van der Waals surface area contributed by atoms with Gasteiger partial charge in [-0.1, -0.05) is 18.5 Å².